The van der Waals surface area contributed by atoms with Gasteiger partial charge in [-0.05, 0) is 18.6 Å². The zero-order valence-corrected chi connectivity index (χ0v) is 13.8. The molecule has 0 aromatic heterocycles. The van der Waals surface area contributed by atoms with E-state index in [1.54, 1.807) is 12.1 Å². The summed E-state index contributed by atoms with van der Waals surface area (Å²) in [5.74, 6) is 0. The molecule has 0 aliphatic rings. The van der Waals surface area contributed by atoms with Gasteiger partial charge in [0.1, 0.15) is 4.90 Å². The minimum atomic E-state index is -3.66. The molecule has 21 heavy (non-hydrogen) atoms. The standard InChI is InChI=1S/C16H28N2O2S/c1-2-3-4-5-6-7-8-11-14-18-15-12-9-10-13-16(15)21(17,19)20/h9-10,12-13,18H,2-8,11,14H2,1H3,(H2,17,19,20). The number of hydrogen-bond donors (Lipinski definition) is 2. The molecule has 0 heterocycles. The SMILES string of the molecule is CCCCCCCCCCNc1ccccc1S(N)(=O)=O. The van der Waals surface area contributed by atoms with E-state index in [1.165, 1.54) is 51.0 Å². The monoisotopic (exact) mass is 312 g/mol. The maximum atomic E-state index is 11.5. The fraction of sp³-hybridized carbons (Fsp3) is 0.625. The summed E-state index contributed by atoms with van der Waals surface area (Å²) in [4.78, 5) is 0.171. The van der Waals surface area contributed by atoms with Crippen LogP contribution in [-0.2, 0) is 10.0 Å². The van der Waals surface area contributed by atoms with Crippen LogP contribution in [0.5, 0.6) is 0 Å². The zero-order chi connectivity index (χ0) is 15.6. The molecule has 0 radical (unpaired) electrons. The summed E-state index contributed by atoms with van der Waals surface area (Å²) in [5.41, 5.74) is 0.600. The molecule has 0 saturated carbocycles. The van der Waals surface area contributed by atoms with E-state index in [2.05, 4.69) is 12.2 Å². The third-order valence-corrected chi connectivity index (χ3v) is 4.51. The van der Waals surface area contributed by atoms with Gasteiger partial charge >= 0.3 is 0 Å². The number of sulfonamides is 1. The summed E-state index contributed by atoms with van der Waals surface area (Å²) >= 11 is 0. The van der Waals surface area contributed by atoms with Crippen molar-refractivity contribution in [3.8, 4) is 0 Å². The lowest BCUT2D eigenvalue weighted by Gasteiger charge is -2.10. The predicted molar refractivity (Wildman–Crippen MR) is 88.9 cm³/mol. The molecular weight excluding hydrogens is 284 g/mol. The molecular formula is C16H28N2O2S. The summed E-state index contributed by atoms with van der Waals surface area (Å²) in [7, 11) is -3.66. The number of benzene rings is 1. The normalized spacial score (nSPS) is 11.5. The van der Waals surface area contributed by atoms with Gasteiger partial charge in [-0.2, -0.15) is 0 Å². The van der Waals surface area contributed by atoms with Crippen molar-refractivity contribution in [2.45, 2.75) is 63.2 Å². The number of hydrogen-bond acceptors (Lipinski definition) is 3. The Hall–Kier alpha value is -1.07. The van der Waals surface area contributed by atoms with E-state index >= 15 is 0 Å². The maximum Gasteiger partial charge on any atom is 0.240 e. The van der Waals surface area contributed by atoms with Gasteiger partial charge in [-0.25, -0.2) is 13.6 Å². The van der Waals surface area contributed by atoms with Gasteiger partial charge in [0.05, 0.1) is 5.69 Å². The lowest BCUT2D eigenvalue weighted by molar-refractivity contribution is 0.581. The largest absolute Gasteiger partial charge is 0.384 e. The van der Waals surface area contributed by atoms with Gasteiger partial charge in [-0.1, -0.05) is 64.0 Å². The highest BCUT2D eigenvalue weighted by Gasteiger charge is 2.12. The number of unbranched alkanes of at least 4 members (excludes halogenated alkanes) is 7. The van der Waals surface area contributed by atoms with Crippen molar-refractivity contribution in [1.82, 2.24) is 0 Å². The van der Waals surface area contributed by atoms with Gasteiger partial charge in [0.25, 0.3) is 0 Å². The molecule has 3 N–H and O–H groups in total. The molecule has 0 spiro atoms. The van der Waals surface area contributed by atoms with Gasteiger partial charge in [0, 0.05) is 6.54 Å². The van der Waals surface area contributed by atoms with Crippen molar-refractivity contribution in [3.05, 3.63) is 24.3 Å². The first-order valence-electron chi connectivity index (χ1n) is 7.91. The molecule has 1 rings (SSSR count). The highest BCUT2D eigenvalue weighted by molar-refractivity contribution is 7.89. The predicted octanol–water partition coefficient (Wildman–Crippen LogP) is 3.89. The lowest BCUT2D eigenvalue weighted by Crippen LogP contribution is -2.15. The van der Waals surface area contributed by atoms with Crippen LogP contribution >= 0.6 is 0 Å². The Kier molecular flexibility index (Phi) is 8.38. The average molecular weight is 312 g/mol. The molecule has 4 nitrogen and oxygen atoms in total. The van der Waals surface area contributed by atoms with Crippen molar-refractivity contribution in [2.75, 3.05) is 11.9 Å². The highest BCUT2D eigenvalue weighted by Crippen LogP contribution is 2.19. The van der Waals surface area contributed by atoms with Crippen LogP contribution in [0, 0.1) is 0 Å². The Morgan fingerprint density at radius 1 is 0.952 bits per heavy atom. The molecule has 1 aromatic carbocycles. The van der Waals surface area contributed by atoms with Crippen LogP contribution in [0.3, 0.4) is 0 Å². The van der Waals surface area contributed by atoms with E-state index in [9.17, 15) is 8.42 Å². The molecule has 0 bridgehead atoms. The van der Waals surface area contributed by atoms with Crippen LogP contribution < -0.4 is 10.5 Å². The van der Waals surface area contributed by atoms with Gasteiger partial charge in [-0.3, -0.25) is 0 Å². The van der Waals surface area contributed by atoms with Gasteiger partial charge in [0.2, 0.25) is 10.0 Å². The molecule has 120 valence electrons. The Morgan fingerprint density at radius 3 is 2.14 bits per heavy atom. The minimum Gasteiger partial charge on any atom is -0.384 e. The molecule has 0 saturated heterocycles. The van der Waals surface area contributed by atoms with Crippen LogP contribution in [0.15, 0.2) is 29.2 Å². The van der Waals surface area contributed by atoms with Crippen molar-refractivity contribution >= 4 is 15.7 Å². The van der Waals surface area contributed by atoms with E-state index in [1.807, 2.05) is 6.07 Å². The maximum absolute atomic E-state index is 11.5. The topological polar surface area (TPSA) is 72.2 Å². The van der Waals surface area contributed by atoms with E-state index < -0.39 is 10.0 Å². The first-order chi connectivity index (χ1) is 10.1. The van der Waals surface area contributed by atoms with E-state index in [0.717, 1.165) is 13.0 Å². The smallest absolute Gasteiger partial charge is 0.240 e. The zero-order valence-electron chi connectivity index (χ0n) is 13.0. The second-order valence-electron chi connectivity index (χ2n) is 5.44. The fourth-order valence-corrected chi connectivity index (χ4v) is 3.06. The summed E-state index contributed by atoms with van der Waals surface area (Å²) in [6.07, 6.45) is 10.1. The van der Waals surface area contributed by atoms with Gasteiger partial charge in [0.15, 0.2) is 0 Å². The molecule has 0 fully saturated rings. The van der Waals surface area contributed by atoms with E-state index in [0.29, 0.717) is 5.69 Å². The van der Waals surface area contributed by atoms with Crippen LogP contribution in [0.25, 0.3) is 0 Å². The second-order valence-corrected chi connectivity index (χ2v) is 6.97. The number of nitrogens with two attached hydrogens (primary N) is 1. The number of para-hydroxylation sites is 1. The summed E-state index contributed by atoms with van der Waals surface area (Å²) < 4.78 is 22.9. The molecule has 0 amide bonds. The molecule has 0 aliphatic heterocycles. The lowest BCUT2D eigenvalue weighted by atomic mass is 10.1. The van der Waals surface area contributed by atoms with Crippen molar-refractivity contribution < 1.29 is 8.42 Å². The van der Waals surface area contributed by atoms with E-state index in [-0.39, 0.29) is 4.90 Å². The number of primary sulfonamides is 1. The number of nitrogens with one attached hydrogen (secondary N) is 1. The van der Waals surface area contributed by atoms with Crippen molar-refractivity contribution in [2.24, 2.45) is 5.14 Å². The van der Waals surface area contributed by atoms with Crippen LogP contribution in [0.1, 0.15) is 58.3 Å². The van der Waals surface area contributed by atoms with Crippen LogP contribution in [0.4, 0.5) is 5.69 Å². The van der Waals surface area contributed by atoms with Gasteiger partial charge < -0.3 is 5.32 Å². The van der Waals surface area contributed by atoms with Crippen LogP contribution in [0.2, 0.25) is 0 Å². The fourth-order valence-electron chi connectivity index (χ4n) is 2.34. The summed E-state index contributed by atoms with van der Waals surface area (Å²) in [6, 6.07) is 6.78. The third-order valence-electron chi connectivity index (χ3n) is 3.54. The summed E-state index contributed by atoms with van der Waals surface area (Å²) in [6.45, 7) is 3.01. The second kappa shape index (κ2) is 9.79. The Bertz CT molecular complexity index is 501. The third kappa shape index (κ3) is 7.48. The highest BCUT2D eigenvalue weighted by atomic mass is 32.2. The minimum absolute atomic E-state index is 0.171. The molecule has 5 heteroatoms. The Balaban J connectivity index is 2.22. The quantitative estimate of drug-likeness (QED) is 0.609. The first-order valence-corrected chi connectivity index (χ1v) is 9.46. The molecule has 0 atom stereocenters. The molecule has 0 aliphatic carbocycles. The summed E-state index contributed by atoms with van der Waals surface area (Å²) in [5, 5.41) is 8.37. The van der Waals surface area contributed by atoms with Crippen LogP contribution in [-0.4, -0.2) is 15.0 Å². The number of anilines is 1. The van der Waals surface area contributed by atoms with Gasteiger partial charge in [-0.15, -0.1) is 0 Å². The Labute approximate surface area is 129 Å². The molecule has 1 aromatic rings. The average Bonchev–Trinajstić information content (AvgIpc) is 2.45. The number of rotatable bonds is 11. The van der Waals surface area contributed by atoms with Crippen molar-refractivity contribution in [3.63, 3.8) is 0 Å². The van der Waals surface area contributed by atoms with Crippen molar-refractivity contribution in [1.29, 1.82) is 0 Å². The molecule has 0 unspecified atom stereocenters. The first kappa shape index (κ1) is 18.0. The Morgan fingerprint density at radius 2 is 1.52 bits per heavy atom. The van der Waals surface area contributed by atoms with E-state index in [4.69, 9.17) is 5.14 Å².